The molecular weight excluding hydrogens is 288 g/mol. The molecule has 0 bridgehead atoms. The van der Waals surface area contributed by atoms with Crippen molar-refractivity contribution in [2.24, 2.45) is 5.84 Å². The predicted molar refractivity (Wildman–Crippen MR) is 74.4 cm³/mol. The first-order valence-corrected chi connectivity index (χ1v) is 6.37. The minimum Gasteiger partial charge on any atom is -0.271 e. The van der Waals surface area contributed by atoms with E-state index in [1.54, 1.807) is 24.5 Å². The molecule has 19 heavy (non-hydrogen) atoms. The van der Waals surface area contributed by atoms with Crippen LogP contribution in [0.15, 0.2) is 36.7 Å². The normalized spacial score (nSPS) is 12.4. The number of hydrogen-bond donors (Lipinski definition) is 2. The molecule has 0 aliphatic heterocycles. The zero-order chi connectivity index (χ0) is 13.8. The second-order valence-electron chi connectivity index (χ2n) is 4.06. The fraction of sp³-hybridized carbons (Fsp3) is 0.154. The Morgan fingerprint density at radius 3 is 2.79 bits per heavy atom. The Labute approximate surface area is 120 Å². The molecule has 0 aliphatic rings. The molecule has 0 spiro atoms. The summed E-state index contributed by atoms with van der Waals surface area (Å²) in [4.78, 5) is 3.90. The molecule has 1 aromatic carbocycles. The quantitative estimate of drug-likeness (QED) is 0.673. The number of nitrogens with zero attached hydrogens (tertiary/aromatic N) is 1. The highest BCUT2D eigenvalue weighted by molar-refractivity contribution is 6.31. The number of nitrogens with one attached hydrogen (secondary N) is 1. The van der Waals surface area contributed by atoms with Crippen molar-refractivity contribution < 1.29 is 4.39 Å². The average Bonchev–Trinajstić information content (AvgIpc) is 2.41. The summed E-state index contributed by atoms with van der Waals surface area (Å²) in [5.41, 5.74) is 3.82. The Balaban J connectivity index is 2.30. The van der Waals surface area contributed by atoms with Crippen molar-refractivity contribution in [3.8, 4) is 0 Å². The van der Waals surface area contributed by atoms with Crippen LogP contribution in [0.2, 0.25) is 10.0 Å². The van der Waals surface area contributed by atoms with Gasteiger partial charge in [0.1, 0.15) is 5.82 Å². The third-order valence-electron chi connectivity index (χ3n) is 2.82. The second-order valence-corrected chi connectivity index (χ2v) is 4.90. The number of hydrogen-bond acceptors (Lipinski definition) is 3. The number of benzene rings is 1. The number of hydrazine groups is 1. The minimum atomic E-state index is -0.418. The van der Waals surface area contributed by atoms with Crippen molar-refractivity contribution in [2.75, 3.05) is 0 Å². The lowest BCUT2D eigenvalue weighted by molar-refractivity contribution is 0.510. The van der Waals surface area contributed by atoms with E-state index in [0.717, 1.165) is 5.56 Å². The summed E-state index contributed by atoms with van der Waals surface area (Å²) >= 11 is 11.9. The summed E-state index contributed by atoms with van der Waals surface area (Å²) in [5.74, 6) is 5.14. The first kappa shape index (κ1) is 14.2. The zero-order valence-corrected chi connectivity index (χ0v) is 11.4. The van der Waals surface area contributed by atoms with E-state index < -0.39 is 6.04 Å². The molecule has 0 amide bonds. The van der Waals surface area contributed by atoms with Gasteiger partial charge in [0.2, 0.25) is 0 Å². The van der Waals surface area contributed by atoms with Crippen LogP contribution in [-0.2, 0) is 6.42 Å². The third kappa shape index (κ3) is 3.42. The van der Waals surface area contributed by atoms with Crippen molar-refractivity contribution >= 4 is 23.2 Å². The topological polar surface area (TPSA) is 50.9 Å². The highest BCUT2D eigenvalue weighted by Crippen LogP contribution is 2.26. The van der Waals surface area contributed by atoms with Crippen LogP contribution < -0.4 is 11.3 Å². The van der Waals surface area contributed by atoms with Crippen LogP contribution >= 0.6 is 23.2 Å². The van der Waals surface area contributed by atoms with Crippen LogP contribution in [0.4, 0.5) is 4.39 Å². The number of rotatable bonds is 4. The Hall–Kier alpha value is -1.20. The van der Waals surface area contributed by atoms with Gasteiger partial charge < -0.3 is 0 Å². The molecule has 3 nitrogen and oxygen atoms in total. The van der Waals surface area contributed by atoms with Crippen molar-refractivity contribution in [3.63, 3.8) is 0 Å². The summed E-state index contributed by atoms with van der Waals surface area (Å²) in [6.07, 6.45) is 3.61. The molecule has 0 saturated carbocycles. The Kier molecular flexibility index (Phi) is 4.71. The molecule has 2 rings (SSSR count). The van der Waals surface area contributed by atoms with E-state index in [1.165, 1.54) is 12.1 Å². The highest BCUT2D eigenvalue weighted by Gasteiger charge is 2.16. The van der Waals surface area contributed by atoms with Crippen molar-refractivity contribution in [3.05, 3.63) is 63.6 Å². The second kappa shape index (κ2) is 6.30. The first-order chi connectivity index (χ1) is 9.11. The minimum absolute atomic E-state index is 0.363. The average molecular weight is 300 g/mol. The molecule has 100 valence electrons. The maximum Gasteiger partial charge on any atom is 0.128 e. The van der Waals surface area contributed by atoms with E-state index in [9.17, 15) is 4.39 Å². The van der Waals surface area contributed by atoms with Gasteiger partial charge in [0, 0.05) is 23.0 Å². The van der Waals surface area contributed by atoms with Gasteiger partial charge in [0.15, 0.2) is 0 Å². The van der Waals surface area contributed by atoms with Gasteiger partial charge in [0.25, 0.3) is 0 Å². The Bertz CT molecular complexity index is 578. The molecule has 0 aliphatic carbocycles. The van der Waals surface area contributed by atoms with E-state index in [-0.39, 0.29) is 5.82 Å². The molecule has 1 heterocycles. The van der Waals surface area contributed by atoms with Gasteiger partial charge in [-0.3, -0.25) is 16.3 Å². The lowest BCUT2D eigenvalue weighted by Gasteiger charge is -2.18. The van der Waals surface area contributed by atoms with Gasteiger partial charge in [0.05, 0.1) is 11.1 Å². The number of pyridine rings is 1. The molecule has 0 fully saturated rings. The molecular formula is C13H12Cl2FN3. The lowest BCUT2D eigenvalue weighted by Crippen LogP contribution is -2.30. The number of nitrogens with two attached hydrogens (primary N) is 1. The first-order valence-electron chi connectivity index (χ1n) is 5.61. The van der Waals surface area contributed by atoms with Crippen molar-refractivity contribution in [1.29, 1.82) is 0 Å². The zero-order valence-electron chi connectivity index (χ0n) is 9.91. The lowest BCUT2D eigenvalue weighted by atomic mass is 9.99. The van der Waals surface area contributed by atoms with Crippen LogP contribution in [0, 0.1) is 5.82 Å². The summed E-state index contributed by atoms with van der Waals surface area (Å²) in [6.45, 7) is 0. The molecule has 0 radical (unpaired) electrons. The van der Waals surface area contributed by atoms with Crippen LogP contribution in [0.25, 0.3) is 0 Å². The summed E-state index contributed by atoms with van der Waals surface area (Å²) < 4.78 is 13.8. The SMILES string of the molecule is NNC(Cc1ccncc1Cl)c1cc(Cl)ccc1F. The molecule has 6 heteroatoms. The fourth-order valence-corrected chi connectivity index (χ4v) is 2.21. The van der Waals surface area contributed by atoms with Gasteiger partial charge in [-0.1, -0.05) is 23.2 Å². The fourth-order valence-electron chi connectivity index (χ4n) is 1.83. The van der Waals surface area contributed by atoms with Gasteiger partial charge in [-0.2, -0.15) is 0 Å². The number of halogens is 3. The van der Waals surface area contributed by atoms with E-state index in [2.05, 4.69) is 10.4 Å². The Morgan fingerprint density at radius 1 is 1.32 bits per heavy atom. The number of aromatic nitrogens is 1. The predicted octanol–water partition coefficient (Wildman–Crippen LogP) is 3.27. The van der Waals surface area contributed by atoms with Crippen LogP contribution in [0.1, 0.15) is 17.2 Å². The van der Waals surface area contributed by atoms with Crippen LogP contribution in [-0.4, -0.2) is 4.98 Å². The smallest absolute Gasteiger partial charge is 0.128 e. The van der Waals surface area contributed by atoms with Gasteiger partial charge in [-0.25, -0.2) is 4.39 Å². The van der Waals surface area contributed by atoms with Gasteiger partial charge in [-0.15, -0.1) is 0 Å². The summed E-state index contributed by atoms with van der Waals surface area (Å²) in [6, 6.07) is 5.72. The summed E-state index contributed by atoms with van der Waals surface area (Å²) in [7, 11) is 0. The van der Waals surface area contributed by atoms with E-state index in [4.69, 9.17) is 29.0 Å². The molecule has 1 atom stereocenters. The van der Waals surface area contributed by atoms with E-state index in [0.29, 0.717) is 22.0 Å². The van der Waals surface area contributed by atoms with E-state index >= 15 is 0 Å². The van der Waals surface area contributed by atoms with Crippen LogP contribution in [0.5, 0.6) is 0 Å². The van der Waals surface area contributed by atoms with Crippen LogP contribution in [0.3, 0.4) is 0 Å². The van der Waals surface area contributed by atoms with Crippen molar-refractivity contribution in [2.45, 2.75) is 12.5 Å². The molecule has 2 aromatic rings. The maximum atomic E-state index is 13.8. The molecule has 1 aromatic heterocycles. The van der Waals surface area contributed by atoms with E-state index in [1.807, 2.05) is 0 Å². The molecule has 0 saturated heterocycles. The van der Waals surface area contributed by atoms with Gasteiger partial charge >= 0.3 is 0 Å². The molecule has 3 N–H and O–H groups in total. The Morgan fingerprint density at radius 2 is 2.11 bits per heavy atom. The largest absolute Gasteiger partial charge is 0.271 e. The standard InChI is InChI=1S/C13H12Cl2FN3/c14-9-1-2-12(16)10(6-9)13(19-17)5-8-3-4-18-7-11(8)15/h1-4,6-7,13,19H,5,17H2. The summed E-state index contributed by atoms with van der Waals surface area (Å²) in [5, 5.41) is 0.975. The maximum absolute atomic E-state index is 13.8. The third-order valence-corrected chi connectivity index (χ3v) is 3.39. The molecule has 1 unspecified atom stereocenters. The van der Waals surface area contributed by atoms with Gasteiger partial charge in [-0.05, 0) is 36.2 Å². The highest BCUT2D eigenvalue weighted by atomic mass is 35.5. The van der Waals surface area contributed by atoms with Crippen molar-refractivity contribution in [1.82, 2.24) is 10.4 Å². The monoisotopic (exact) mass is 299 g/mol.